The van der Waals surface area contributed by atoms with Crippen LogP contribution in [0.15, 0.2) is 0 Å². The molecule has 0 bridgehead atoms. The molecule has 0 saturated carbocycles. The van der Waals surface area contributed by atoms with Crippen molar-refractivity contribution in [2.75, 3.05) is 18.1 Å². The van der Waals surface area contributed by atoms with Crippen LogP contribution in [-0.2, 0) is 9.09 Å². The molecular weight excluding hydrogens is 347 g/mol. The lowest BCUT2D eigenvalue weighted by Gasteiger charge is -2.06. The van der Waals surface area contributed by atoms with Gasteiger partial charge in [-0.2, -0.15) is 0 Å². The zero-order valence-electron chi connectivity index (χ0n) is 14.4. The first-order valence-electron chi connectivity index (χ1n) is 9.31. The third-order valence-corrected chi connectivity index (χ3v) is 7.49. The quantitative estimate of drug-likeness (QED) is 0.184. The van der Waals surface area contributed by atoms with Gasteiger partial charge in [-0.15, -0.1) is 4.52 Å². The fourth-order valence-corrected chi connectivity index (χ4v) is 6.25. The minimum absolute atomic E-state index is 0.358. The summed E-state index contributed by atoms with van der Waals surface area (Å²) in [5, 5.41) is 0. The molecule has 1 rings (SSSR count). The summed E-state index contributed by atoms with van der Waals surface area (Å²) in [4.78, 5) is 10.2. The number of unbranched alkanes of at least 4 members (excludes halogenated alkanes) is 11. The maximum atomic E-state index is 10.2. The van der Waals surface area contributed by atoms with E-state index in [4.69, 9.17) is 0 Å². The third-order valence-electron chi connectivity index (χ3n) is 4.39. The van der Waals surface area contributed by atoms with Crippen molar-refractivity contribution < 1.29 is 14.0 Å². The van der Waals surface area contributed by atoms with Crippen molar-refractivity contribution in [1.29, 1.82) is 0 Å². The highest BCUT2D eigenvalue weighted by Crippen LogP contribution is 2.36. The van der Waals surface area contributed by atoms with Gasteiger partial charge >= 0.3 is 8.25 Å². The van der Waals surface area contributed by atoms with E-state index in [0.717, 1.165) is 18.8 Å². The Morgan fingerprint density at radius 2 is 1.22 bits per heavy atom. The first-order chi connectivity index (χ1) is 11.3. The summed E-state index contributed by atoms with van der Waals surface area (Å²) < 4.78 is 14.7. The SMILES string of the molecule is O=[P+]([O-])OCCCCCCCCCCCCCCC1CSSC1. The zero-order valence-corrected chi connectivity index (χ0v) is 16.9. The van der Waals surface area contributed by atoms with Crippen LogP contribution < -0.4 is 4.89 Å². The number of hydrogen-bond donors (Lipinski definition) is 0. The summed E-state index contributed by atoms with van der Waals surface area (Å²) in [7, 11) is 1.47. The summed E-state index contributed by atoms with van der Waals surface area (Å²) in [6.07, 6.45) is 17.1. The molecule has 1 saturated heterocycles. The summed E-state index contributed by atoms with van der Waals surface area (Å²) in [5.74, 6) is 3.77. The largest absolute Gasteiger partial charge is 0.566 e. The van der Waals surface area contributed by atoms with Gasteiger partial charge < -0.3 is 4.89 Å². The molecule has 0 aromatic carbocycles. The lowest BCUT2D eigenvalue weighted by Crippen LogP contribution is -2.00. The molecule has 0 spiro atoms. The average molecular weight is 381 g/mol. The minimum Gasteiger partial charge on any atom is -0.566 e. The third kappa shape index (κ3) is 14.7. The molecule has 0 N–H and O–H groups in total. The molecule has 23 heavy (non-hydrogen) atoms. The highest BCUT2D eigenvalue weighted by Gasteiger charge is 2.15. The van der Waals surface area contributed by atoms with Gasteiger partial charge in [-0.25, -0.2) is 0 Å². The van der Waals surface area contributed by atoms with Crippen molar-refractivity contribution >= 4 is 29.8 Å². The van der Waals surface area contributed by atoms with Crippen molar-refractivity contribution in [3.8, 4) is 0 Å². The Labute approximate surface area is 151 Å². The molecule has 0 aliphatic carbocycles. The smallest absolute Gasteiger partial charge is 0.488 e. The molecule has 1 fully saturated rings. The molecular formula is C17H33O3PS2. The summed E-state index contributed by atoms with van der Waals surface area (Å²) in [6.45, 7) is 0.358. The van der Waals surface area contributed by atoms with Gasteiger partial charge in [0.2, 0.25) is 0 Å². The first-order valence-corrected chi connectivity index (χ1v) is 12.9. The summed E-state index contributed by atoms with van der Waals surface area (Å²) in [6, 6.07) is 0. The minimum atomic E-state index is -2.65. The molecule has 1 heterocycles. The van der Waals surface area contributed by atoms with E-state index < -0.39 is 8.25 Å². The van der Waals surface area contributed by atoms with Gasteiger partial charge in [0.25, 0.3) is 0 Å². The normalized spacial score (nSPS) is 16.1. The predicted molar refractivity (Wildman–Crippen MR) is 102 cm³/mol. The molecule has 1 aliphatic rings. The van der Waals surface area contributed by atoms with E-state index in [0.29, 0.717) is 6.61 Å². The second-order valence-corrected chi connectivity index (χ2v) is 9.78. The molecule has 3 nitrogen and oxygen atoms in total. The Bertz CT molecular complexity index is 287. The Balaban J connectivity index is 1.66. The van der Waals surface area contributed by atoms with Gasteiger partial charge in [-0.1, -0.05) is 92.2 Å². The van der Waals surface area contributed by atoms with E-state index in [9.17, 15) is 9.46 Å². The summed E-state index contributed by atoms with van der Waals surface area (Å²) in [5.41, 5.74) is 0. The Hall–Kier alpha value is 0.720. The van der Waals surface area contributed by atoms with Crippen molar-refractivity contribution in [3.05, 3.63) is 0 Å². The van der Waals surface area contributed by atoms with Crippen molar-refractivity contribution in [1.82, 2.24) is 0 Å². The molecule has 0 aromatic heterocycles. The van der Waals surface area contributed by atoms with E-state index in [-0.39, 0.29) is 0 Å². The molecule has 136 valence electrons. The zero-order chi connectivity index (χ0) is 16.6. The second kappa shape index (κ2) is 16.2. The summed E-state index contributed by atoms with van der Waals surface area (Å²) >= 11 is 0. The Morgan fingerprint density at radius 1 is 0.783 bits per heavy atom. The first kappa shape index (κ1) is 21.8. The van der Waals surface area contributed by atoms with E-state index in [1.165, 1.54) is 82.1 Å². The molecule has 1 aliphatic heterocycles. The molecule has 1 unspecified atom stereocenters. The van der Waals surface area contributed by atoms with Gasteiger partial charge in [0.15, 0.2) is 0 Å². The maximum absolute atomic E-state index is 10.2. The standard InChI is InChI=1S/C17H33O3PS2/c18-21(19)20-14-12-10-8-6-4-2-1-3-5-7-9-11-13-17-15-22-23-16-17/h17H,1-16H2. The Morgan fingerprint density at radius 3 is 1.70 bits per heavy atom. The van der Waals surface area contributed by atoms with E-state index in [2.05, 4.69) is 26.1 Å². The van der Waals surface area contributed by atoms with Crippen LogP contribution in [0.2, 0.25) is 0 Å². The van der Waals surface area contributed by atoms with Crippen LogP contribution in [0.25, 0.3) is 0 Å². The van der Waals surface area contributed by atoms with Crippen molar-refractivity contribution in [3.63, 3.8) is 0 Å². The lowest BCUT2D eigenvalue weighted by molar-refractivity contribution is -0.185. The lowest BCUT2D eigenvalue weighted by atomic mass is 10.0. The highest BCUT2D eigenvalue weighted by atomic mass is 33.1. The fourth-order valence-electron chi connectivity index (χ4n) is 2.95. The molecule has 0 amide bonds. The van der Waals surface area contributed by atoms with Crippen molar-refractivity contribution in [2.45, 2.75) is 83.5 Å². The van der Waals surface area contributed by atoms with Gasteiger partial charge in [-0.3, -0.25) is 0 Å². The predicted octanol–water partition coefficient (Wildman–Crippen LogP) is 6.10. The van der Waals surface area contributed by atoms with Gasteiger partial charge in [0.1, 0.15) is 6.61 Å². The highest BCUT2D eigenvalue weighted by molar-refractivity contribution is 8.77. The molecule has 6 heteroatoms. The number of hydrogen-bond acceptors (Lipinski definition) is 5. The van der Waals surface area contributed by atoms with Crippen molar-refractivity contribution in [2.24, 2.45) is 5.92 Å². The van der Waals surface area contributed by atoms with E-state index >= 15 is 0 Å². The number of rotatable bonds is 16. The van der Waals surface area contributed by atoms with Crippen LogP contribution in [0.1, 0.15) is 83.5 Å². The topological polar surface area (TPSA) is 49.4 Å². The van der Waals surface area contributed by atoms with Crippen LogP contribution in [-0.4, -0.2) is 18.1 Å². The Kier molecular flexibility index (Phi) is 15.3. The van der Waals surface area contributed by atoms with Crippen LogP contribution >= 0.6 is 29.8 Å². The molecule has 0 aromatic rings. The van der Waals surface area contributed by atoms with Crippen LogP contribution in [0.4, 0.5) is 0 Å². The molecule has 1 atom stereocenters. The average Bonchev–Trinajstić information content (AvgIpc) is 3.04. The van der Waals surface area contributed by atoms with Crippen LogP contribution in [0, 0.1) is 5.92 Å². The second-order valence-electron chi connectivity index (χ2n) is 6.52. The van der Waals surface area contributed by atoms with E-state index in [1.807, 2.05) is 0 Å². The fraction of sp³-hybridized carbons (Fsp3) is 1.00. The van der Waals surface area contributed by atoms with Crippen LogP contribution in [0.3, 0.4) is 0 Å². The van der Waals surface area contributed by atoms with Crippen LogP contribution in [0.5, 0.6) is 0 Å². The van der Waals surface area contributed by atoms with Gasteiger partial charge in [-0.05, 0) is 23.3 Å². The maximum Gasteiger partial charge on any atom is 0.488 e. The van der Waals surface area contributed by atoms with Gasteiger partial charge in [0, 0.05) is 11.5 Å². The van der Waals surface area contributed by atoms with E-state index in [1.54, 1.807) is 0 Å². The van der Waals surface area contributed by atoms with Gasteiger partial charge in [0.05, 0.1) is 0 Å². The molecule has 0 radical (unpaired) electrons. The monoisotopic (exact) mass is 380 g/mol.